The van der Waals surface area contributed by atoms with E-state index in [0.29, 0.717) is 23.4 Å². The third kappa shape index (κ3) is 3.94. The molecule has 1 amide bonds. The first-order chi connectivity index (χ1) is 9.36. The van der Waals surface area contributed by atoms with Gasteiger partial charge in [0.15, 0.2) is 0 Å². The fourth-order valence-corrected chi connectivity index (χ4v) is 2.17. The number of hydrogen-bond acceptors (Lipinski definition) is 4. The Morgan fingerprint density at radius 3 is 2.60 bits per heavy atom. The summed E-state index contributed by atoms with van der Waals surface area (Å²) in [5.74, 6) is -1.91. The first-order valence-corrected chi connectivity index (χ1v) is 6.61. The van der Waals surface area contributed by atoms with Crippen LogP contribution in [0, 0.1) is 19.8 Å². The van der Waals surface area contributed by atoms with Gasteiger partial charge in [-0.3, -0.25) is 14.6 Å². The van der Waals surface area contributed by atoms with Crippen molar-refractivity contribution in [2.24, 2.45) is 11.7 Å². The van der Waals surface area contributed by atoms with E-state index in [1.165, 1.54) is 0 Å². The van der Waals surface area contributed by atoms with E-state index in [1.807, 2.05) is 13.8 Å². The highest BCUT2D eigenvalue weighted by Crippen LogP contribution is 2.20. The van der Waals surface area contributed by atoms with E-state index < -0.39 is 17.8 Å². The Hall–Kier alpha value is -2.11. The van der Waals surface area contributed by atoms with Crippen LogP contribution in [-0.4, -0.2) is 28.5 Å². The Kier molecular flexibility index (Phi) is 5.49. The number of aliphatic carboxylic acids is 1. The summed E-state index contributed by atoms with van der Waals surface area (Å²) in [6, 6.07) is 1.71. The second kappa shape index (κ2) is 6.88. The topological polar surface area (TPSA) is 105 Å². The van der Waals surface area contributed by atoms with Crippen molar-refractivity contribution in [3.63, 3.8) is 0 Å². The standard InChI is InChI=1S/C14H21N3O3/c1-4-5-10(14(19)20)7-16-11-6-8(2)17-9(3)12(11)13(15)18/h6,10H,4-5,7H2,1-3H3,(H2,15,18)(H,16,17)(H,19,20). The molecule has 0 fully saturated rings. The molecular formula is C14H21N3O3. The molecule has 1 heterocycles. The molecule has 4 N–H and O–H groups in total. The van der Waals surface area contributed by atoms with Crippen molar-refractivity contribution < 1.29 is 14.7 Å². The Morgan fingerprint density at radius 2 is 2.10 bits per heavy atom. The molecule has 0 aliphatic heterocycles. The Bertz CT molecular complexity index is 515. The van der Waals surface area contributed by atoms with Crippen molar-refractivity contribution in [3.05, 3.63) is 23.0 Å². The van der Waals surface area contributed by atoms with Crippen LogP contribution >= 0.6 is 0 Å². The van der Waals surface area contributed by atoms with Gasteiger partial charge in [0.05, 0.1) is 22.9 Å². The predicted molar refractivity (Wildman–Crippen MR) is 76.8 cm³/mol. The van der Waals surface area contributed by atoms with Gasteiger partial charge in [0, 0.05) is 12.2 Å². The van der Waals surface area contributed by atoms with Crippen molar-refractivity contribution in [1.82, 2.24) is 4.98 Å². The number of nitrogens with one attached hydrogen (secondary N) is 1. The summed E-state index contributed by atoms with van der Waals surface area (Å²) in [6.45, 7) is 5.71. The minimum absolute atomic E-state index is 0.256. The molecular weight excluding hydrogens is 258 g/mol. The molecule has 6 nitrogen and oxygen atoms in total. The van der Waals surface area contributed by atoms with Crippen molar-refractivity contribution in [3.8, 4) is 0 Å². The molecule has 0 aliphatic carbocycles. The zero-order chi connectivity index (χ0) is 15.3. The van der Waals surface area contributed by atoms with Crippen LogP contribution in [0.1, 0.15) is 41.5 Å². The van der Waals surface area contributed by atoms with Crippen molar-refractivity contribution >= 4 is 17.6 Å². The van der Waals surface area contributed by atoms with Crippen molar-refractivity contribution in [2.45, 2.75) is 33.6 Å². The summed E-state index contributed by atoms with van der Waals surface area (Å²) in [4.78, 5) is 26.8. The highest BCUT2D eigenvalue weighted by molar-refractivity contribution is 5.99. The van der Waals surface area contributed by atoms with Crippen LogP contribution in [0.2, 0.25) is 0 Å². The van der Waals surface area contributed by atoms with Gasteiger partial charge in [-0.05, 0) is 26.3 Å². The smallest absolute Gasteiger partial charge is 0.308 e. The van der Waals surface area contributed by atoms with E-state index in [1.54, 1.807) is 13.0 Å². The second-order valence-corrected chi connectivity index (χ2v) is 4.84. The average Bonchev–Trinajstić information content (AvgIpc) is 2.32. The molecule has 6 heteroatoms. The molecule has 1 atom stereocenters. The summed E-state index contributed by atoms with van der Waals surface area (Å²) in [5.41, 5.74) is 7.51. The highest BCUT2D eigenvalue weighted by atomic mass is 16.4. The molecule has 0 saturated heterocycles. The number of carboxylic acids is 1. The summed E-state index contributed by atoms with van der Waals surface area (Å²) >= 11 is 0. The van der Waals surface area contributed by atoms with Crippen LogP contribution in [0.25, 0.3) is 0 Å². The maximum absolute atomic E-state index is 11.5. The first kappa shape index (κ1) is 15.9. The normalized spacial score (nSPS) is 11.9. The first-order valence-electron chi connectivity index (χ1n) is 6.61. The zero-order valence-corrected chi connectivity index (χ0v) is 12.1. The van der Waals surface area contributed by atoms with Crippen molar-refractivity contribution in [2.75, 3.05) is 11.9 Å². The maximum Gasteiger partial charge on any atom is 0.308 e. The van der Waals surface area contributed by atoms with E-state index in [4.69, 9.17) is 10.8 Å². The summed E-state index contributed by atoms with van der Waals surface area (Å²) in [6.07, 6.45) is 1.37. The van der Waals surface area contributed by atoms with E-state index in [2.05, 4.69) is 10.3 Å². The Morgan fingerprint density at radius 1 is 1.45 bits per heavy atom. The van der Waals surface area contributed by atoms with Crippen LogP contribution in [0.4, 0.5) is 5.69 Å². The van der Waals surface area contributed by atoms with Gasteiger partial charge in [-0.2, -0.15) is 0 Å². The summed E-state index contributed by atoms with van der Waals surface area (Å²) < 4.78 is 0. The van der Waals surface area contributed by atoms with Crippen LogP contribution < -0.4 is 11.1 Å². The lowest BCUT2D eigenvalue weighted by Crippen LogP contribution is -2.25. The second-order valence-electron chi connectivity index (χ2n) is 4.84. The number of carbonyl (C=O) groups excluding carboxylic acids is 1. The quantitative estimate of drug-likeness (QED) is 0.704. The number of rotatable bonds is 7. The molecule has 0 bridgehead atoms. The number of nitrogens with two attached hydrogens (primary N) is 1. The van der Waals surface area contributed by atoms with E-state index >= 15 is 0 Å². The van der Waals surface area contributed by atoms with Crippen LogP contribution in [-0.2, 0) is 4.79 Å². The van der Waals surface area contributed by atoms with Gasteiger partial charge in [-0.25, -0.2) is 0 Å². The minimum Gasteiger partial charge on any atom is -0.481 e. The summed E-state index contributed by atoms with van der Waals surface area (Å²) in [5, 5.41) is 12.1. The molecule has 0 radical (unpaired) electrons. The number of pyridine rings is 1. The molecule has 1 rings (SSSR count). The van der Waals surface area contributed by atoms with E-state index in [0.717, 1.165) is 12.1 Å². The molecule has 1 unspecified atom stereocenters. The lowest BCUT2D eigenvalue weighted by atomic mass is 10.0. The van der Waals surface area contributed by atoms with Gasteiger partial charge >= 0.3 is 5.97 Å². The van der Waals surface area contributed by atoms with Gasteiger partial charge in [0.1, 0.15) is 0 Å². The summed E-state index contributed by atoms with van der Waals surface area (Å²) in [7, 11) is 0. The van der Waals surface area contributed by atoms with Gasteiger partial charge in [-0.15, -0.1) is 0 Å². The number of carboxylic acid groups (broad SMARTS) is 1. The number of primary amides is 1. The fourth-order valence-electron chi connectivity index (χ4n) is 2.17. The van der Waals surface area contributed by atoms with Gasteiger partial charge in [-0.1, -0.05) is 13.3 Å². The number of aryl methyl sites for hydroxylation is 2. The average molecular weight is 279 g/mol. The molecule has 20 heavy (non-hydrogen) atoms. The van der Waals surface area contributed by atoms with Crippen LogP contribution in [0.15, 0.2) is 6.07 Å². The lowest BCUT2D eigenvalue weighted by Gasteiger charge is -2.16. The molecule has 0 spiro atoms. The number of amides is 1. The molecule has 0 aromatic carbocycles. The Balaban J connectivity index is 2.96. The van der Waals surface area contributed by atoms with Gasteiger partial charge in [0.25, 0.3) is 5.91 Å². The highest BCUT2D eigenvalue weighted by Gasteiger charge is 2.18. The zero-order valence-electron chi connectivity index (χ0n) is 12.1. The fraction of sp³-hybridized carbons (Fsp3) is 0.500. The molecule has 1 aromatic rings. The third-order valence-electron chi connectivity index (χ3n) is 3.10. The Labute approximate surface area is 118 Å². The van der Waals surface area contributed by atoms with Crippen LogP contribution in [0.3, 0.4) is 0 Å². The number of carbonyl (C=O) groups is 2. The maximum atomic E-state index is 11.5. The lowest BCUT2D eigenvalue weighted by molar-refractivity contribution is -0.141. The van der Waals surface area contributed by atoms with Crippen molar-refractivity contribution in [1.29, 1.82) is 0 Å². The number of anilines is 1. The van der Waals surface area contributed by atoms with E-state index in [-0.39, 0.29) is 6.54 Å². The third-order valence-corrected chi connectivity index (χ3v) is 3.10. The van der Waals surface area contributed by atoms with Gasteiger partial charge < -0.3 is 16.2 Å². The number of nitrogens with zero attached hydrogens (tertiary/aromatic N) is 1. The van der Waals surface area contributed by atoms with E-state index in [9.17, 15) is 9.59 Å². The monoisotopic (exact) mass is 279 g/mol. The predicted octanol–water partition coefficient (Wildman–Crippen LogP) is 1.71. The minimum atomic E-state index is -0.845. The SMILES string of the molecule is CCCC(CNc1cc(C)nc(C)c1C(N)=O)C(=O)O. The molecule has 110 valence electrons. The molecule has 1 aromatic heterocycles. The molecule has 0 aliphatic rings. The largest absolute Gasteiger partial charge is 0.481 e. The molecule has 0 saturated carbocycles. The number of aromatic nitrogens is 1. The van der Waals surface area contributed by atoms with Gasteiger partial charge in [0.2, 0.25) is 0 Å². The number of hydrogen-bond donors (Lipinski definition) is 3. The van der Waals surface area contributed by atoms with Crippen LogP contribution in [0.5, 0.6) is 0 Å².